The van der Waals surface area contributed by atoms with Crippen LogP contribution in [0.2, 0.25) is 0 Å². The Labute approximate surface area is 122 Å². The molecule has 0 fully saturated rings. The molecule has 1 heterocycles. The number of rotatable bonds is 3. The summed E-state index contributed by atoms with van der Waals surface area (Å²) in [4.78, 5) is 20.0. The van der Waals surface area contributed by atoms with E-state index >= 15 is 0 Å². The maximum Gasteiger partial charge on any atom is 0.335 e. The molecule has 0 bridgehead atoms. The first-order chi connectivity index (χ1) is 8.58. The third-order valence-electron chi connectivity index (χ3n) is 2.29. The van der Waals surface area contributed by atoms with Crippen LogP contribution in [0.4, 0.5) is 0 Å². The molecule has 2 aromatic rings. The Hall–Kier alpha value is -1.15. The van der Waals surface area contributed by atoms with Crippen molar-refractivity contribution >= 4 is 40.3 Å². The lowest BCUT2D eigenvalue weighted by molar-refractivity contribution is 0.0696. The van der Waals surface area contributed by atoms with Crippen molar-refractivity contribution in [3.63, 3.8) is 0 Å². The second-order valence-electron chi connectivity index (χ2n) is 3.56. The predicted octanol–water partition coefficient (Wildman–Crippen LogP) is 3.24. The zero-order valence-corrected chi connectivity index (χ0v) is 12.4. The van der Waals surface area contributed by atoms with Crippen LogP contribution in [0.15, 0.2) is 40.6 Å². The number of carboxylic acids is 1. The molecule has 0 amide bonds. The van der Waals surface area contributed by atoms with Gasteiger partial charge in [-0.15, -0.1) is 0 Å². The van der Waals surface area contributed by atoms with Gasteiger partial charge in [-0.3, -0.25) is 0 Å². The Kier molecular flexibility index (Phi) is 4.18. The molecule has 4 nitrogen and oxygen atoms in total. The zero-order valence-electron chi connectivity index (χ0n) is 9.42. The maximum atomic E-state index is 11.1. The first-order valence-corrected chi connectivity index (χ1v) is 6.95. The van der Waals surface area contributed by atoms with Crippen molar-refractivity contribution in [2.75, 3.05) is 0 Å². The summed E-state index contributed by atoms with van der Waals surface area (Å²) in [7, 11) is 0. The summed E-state index contributed by atoms with van der Waals surface area (Å²) in [5.41, 5.74) is 1.08. The Morgan fingerprint density at radius 3 is 2.89 bits per heavy atom. The highest BCUT2D eigenvalue weighted by Crippen LogP contribution is 2.30. The molecule has 0 saturated heterocycles. The summed E-state index contributed by atoms with van der Waals surface area (Å²) in [6, 6.07) is 5.37. The second kappa shape index (κ2) is 5.66. The topological polar surface area (TPSA) is 63.1 Å². The molecule has 6 heteroatoms. The monoisotopic (exact) mass is 372 g/mol. The Morgan fingerprint density at radius 1 is 1.44 bits per heavy atom. The number of halogens is 1. The van der Waals surface area contributed by atoms with Gasteiger partial charge < -0.3 is 5.11 Å². The highest BCUT2D eigenvalue weighted by molar-refractivity contribution is 14.1. The largest absolute Gasteiger partial charge is 0.478 e. The fourth-order valence-electron chi connectivity index (χ4n) is 1.38. The van der Waals surface area contributed by atoms with Crippen molar-refractivity contribution in [2.24, 2.45) is 0 Å². The molecular weight excluding hydrogens is 363 g/mol. The first-order valence-electron chi connectivity index (χ1n) is 5.05. The van der Waals surface area contributed by atoms with Crippen LogP contribution < -0.4 is 0 Å². The van der Waals surface area contributed by atoms with Crippen LogP contribution in [0.5, 0.6) is 0 Å². The number of aromatic carboxylic acids is 1. The molecule has 0 atom stereocenters. The fourth-order valence-corrected chi connectivity index (χ4v) is 2.80. The first kappa shape index (κ1) is 13.3. The number of benzene rings is 1. The van der Waals surface area contributed by atoms with E-state index in [-0.39, 0.29) is 0 Å². The van der Waals surface area contributed by atoms with Crippen molar-refractivity contribution < 1.29 is 9.90 Å². The highest BCUT2D eigenvalue weighted by Gasteiger charge is 2.10. The van der Waals surface area contributed by atoms with Gasteiger partial charge in [0.25, 0.3) is 0 Å². The number of aryl methyl sites for hydroxylation is 1. The summed E-state index contributed by atoms with van der Waals surface area (Å²) in [6.07, 6.45) is 3.21. The normalized spacial score (nSPS) is 10.3. The Bertz CT molecular complexity index is 604. The molecule has 1 N–H and O–H groups in total. The molecule has 0 radical (unpaired) electrons. The number of aromatic nitrogens is 2. The van der Waals surface area contributed by atoms with E-state index in [0.717, 1.165) is 19.1 Å². The van der Waals surface area contributed by atoms with Gasteiger partial charge in [0.15, 0.2) is 0 Å². The van der Waals surface area contributed by atoms with E-state index in [4.69, 9.17) is 5.11 Å². The van der Waals surface area contributed by atoms with Gasteiger partial charge in [0.2, 0.25) is 0 Å². The molecular formula is C12H9IN2O2S. The fraction of sp³-hybridized carbons (Fsp3) is 0.0833. The number of carboxylic acid groups (broad SMARTS) is 1. The molecule has 0 unspecified atom stereocenters. The average molecular weight is 372 g/mol. The van der Waals surface area contributed by atoms with Gasteiger partial charge in [0, 0.05) is 11.1 Å². The Balaban J connectivity index is 2.33. The highest BCUT2D eigenvalue weighted by atomic mass is 127. The summed E-state index contributed by atoms with van der Waals surface area (Å²) < 4.78 is 0.942. The third-order valence-corrected chi connectivity index (χ3v) is 4.45. The summed E-state index contributed by atoms with van der Waals surface area (Å²) >= 11 is 3.59. The maximum absolute atomic E-state index is 11.1. The van der Waals surface area contributed by atoms with E-state index in [2.05, 4.69) is 32.6 Å². The number of hydrogen-bond donors (Lipinski definition) is 1. The van der Waals surface area contributed by atoms with Crippen LogP contribution in [0, 0.1) is 10.5 Å². The van der Waals surface area contributed by atoms with E-state index in [1.165, 1.54) is 18.1 Å². The lowest BCUT2D eigenvalue weighted by Gasteiger charge is -2.05. The van der Waals surface area contributed by atoms with Gasteiger partial charge in [0.05, 0.1) is 9.13 Å². The molecule has 1 aromatic heterocycles. The van der Waals surface area contributed by atoms with Gasteiger partial charge in [-0.1, -0.05) is 17.8 Å². The van der Waals surface area contributed by atoms with E-state index in [1.54, 1.807) is 25.3 Å². The van der Waals surface area contributed by atoms with Crippen LogP contribution in [-0.2, 0) is 0 Å². The van der Waals surface area contributed by atoms with Gasteiger partial charge in [0.1, 0.15) is 11.4 Å². The molecule has 92 valence electrons. The van der Waals surface area contributed by atoms with Gasteiger partial charge in [-0.25, -0.2) is 14.8 Å². The average Bonchev–Trinajstić information content (AvgIpc) is 2.34. The van der Waals surface area contributed by atoms with Gasteiger partial charge in [-0.05, 0) is 47.2 Å². The molecule has 18 heavy (non-hydrogen) atoms. The van der Waals surface area contributed by atoms with Crippen LogP contribution >= 0.6 is 34.4 Å². The van der Waals surface area contributed by atoms with E-state index in [0.29, 0.717) is 5.56 Å². The molecule has 0 aliphatic heterocycles. The minimum atomic E-state index is -0.910. The minimum absolute atomic E-state index is 0.323. The summed E-state index contributed by atoms with van der Waals surface area (Å²) in [6.45, 7) is 1.78. The summed E-state index contributed by atoms with van der Waals surface area (Å²) in [5.74, 6) is -0.910. The van der Waals surface area contributed by atoms with E-state index < -0.39 is 5.97 Å². The number of hydrogen-bond acceptors (Lipinski definition) is 4. The molecule has 0 saturated carbocycles. The van der Waals surface area contributed by atoms with Crippen molar-refractivity contribution in [1.82, 2.24) is 9.97 Å². The second-order valence-corrected chi connectivity index (χ2v) is 5.78. The third kappa shape index (κ3) is 2.99. The van der Waals surface area contributed by atoms with E-state index in [1.807, 2.05) is 6.07 Å². The molecule has 1 aromatic carbocycles. The lowest BCUT2D eigenvalue weighted by Crippen LogP contribution is -1.99. The van der Waals surface area contributed by atoms with Gasteiger partial charge >= 0.3 is 5.97 Å². The van der Waals surface area contributed by atoms with Crippen molar-refractivity contribution in [1.29, 1.82) is 0 Å². The van der Waals surface area contributed by atoms with Crippen molar-refractivity contribution in [2.45, 2.75) is 16.8 Å². The SMILES string of the molecule is Cc1ccc(Sc2ncncc2I)cc1C(=O)O. The Morgan fingerprint density at radius 2 is 2.22 bits per heavy atom. The predicted molar refractivity (Wildman–Crippen MR) is 77.0 cm³/mol. The number of carbonyl (C=O) groups is 1. The van der Waals surface area contributed by atoms with Gasteiger partial charge in [-0.2, -0.15) is 0 Å². The molecule has 0 spiro atoms. The van der Waals surface area contributed by atoms with Crippen LogP contribution in [-0.4, -0.2) is 21.0 Å². The molecule has 0 aliphatic rings. The standard InChI is InChI=1S/C12H9IN2O2S/c1-7-2-3-8(4-9(7)12(16)17)18-11-10(13)5-14-6-15-11/h2-6H,1H3,(H,16,17). The minimum Gasteiger partial charge on any atom is -0.478 e. The van der Waals surface area contributed by atoms with E-state index in [9.17, 15) is 4.79 Å². The van der Waals surface area contributed by atoms with Crippen molar-refractivity contribution in [3.05, 3.63) is 45.4 Å². The smallest absolute Gasteiger partial charge is 0.335 e. The summed E-state index contributed by atoms with van der Waals surface area (Å²) in [5, 5.41) is 9.90. The number of nitrogens with zero attached hydrogens (tertiary/aromatic N) is 2. The molecule has 2 rings (SSSR count). The van der Waals surface area contributed by atoms with Crippen LogP contribution in [0.1, 0.15) is 15.9 Å². The van der Waals surface area contributed by atoms with Crippen LogP contribution in [0.3, 0.4) is 0 Å². The quantitative estimate of drug-likeness (QED) is 0.662. The molecule has 0 aliphatic carbocycles. The van der Waals surface area contributed by atoms with Crippen molar-refractivity contribution in [3.8, 4) is 0 Å². The van der Waals surface area contributed by atoms with Crippen LogP contribution in [0.25, 0.3) is 0 Å². The zero-order chi connectivity index (χ0) is 13.1. The lowest BCUT2D eigenvalue weighted by atomic mass is 10.1.